The number of hydrogen-bond donors (Lipinski definition) is 2. The summed E-state index contributed by atoms with van der Waals surface area (Å²) in [4.78, 5) is 10.2. The van der Waals surface area contributed by atoms with Gasteiger partial charge in [-0.2, -0.15) is 0 Å². The lowest BCUT2D eigenvalue weighted by Crippen LogP contribution is -2.07. The fraction of sp³-hybridized carbons (Fsp3) is 0.300. The maximum Gasteiger partial charge on any atom is 0.305 e. The largest absolute Gasteiger partial charge is 0.481 e. The fourth-order valence-corrected chi connectivity index (χ4v) is 2.38. The molecule has 1 unspecified atom stereocenters. The molecule has 0 heterocycles. The molecule has 0 aliphatic heterocycles. The van der Waals surface area contributed by atoms with Crippen LogP contribution in [0.2, 0.25) is 0 Å². The van der Waals surface area contributed by atoms with Crippen LogP contribution in [0, 0.1) is 0 Å². The third-order valence-electron chi connectivity index (χ3n) is 1.87. The van der Waals surface area contributed by atoms with Crippen molar-refractivity contribution in [2.24, 2.45) is 5.50 Å². The topological polar surface area (TPSA) is 89.6 Å². The summed E-state index contributed by atoms with van der Waals surface area (Å²) in [6, 6.07) is 9.05. The maximum absolute atomic E-state index is 11.7. The van der Waals surface area contributed by atoms with Crippen molar-refractivity contribution in [3.63, 3.8) is 0 Å². The molecular weight excluding hydrogens is 229 g/mol. The first-order chi connectivity index (χ1) is 7.49. The van der Waals surface area contributed by atoms with Gasteiger partial charge in [-0.25, -0.2) is 0 Å². The molecule has 5 nitrogen and oxygen atoms in total. The monoisotopic (exact) mass is 243 g/mol. The second kappa shape index (κ2) is 5.80. The molecule has 1 aromatic rings. The highest BCUT2D eigenvalue weighted by atomic mass is 31.2. The molecule has 0 spiro atoms. The van der Waals surface area contributed by atoms with Gasteiger partial charge in [0.2, 0.25) is 0 Å². The van der Waals surface area contributed by atoms with Gasteiger partial charge >= 0.3 is 5.97 Å². The molecule has 0 bridgehead atoms. The predicted molar refractivity (Wildman–Crippen MR) is 60.1 cm³/mol. The first-order valence-electron chi connectivity index (χ1n) is 4.77. The molecule has 0 fully saturated rings. The minimum atomic E-state index is -3.23. The molecule has 1 rings (SSSR count). The molecule has 0 amide bonds. The van der Waals surface area contributed by atoms with Gasteiger partial charge in [-0.1, -0.05) is 30.3 Å². The molecule has 1 atom stereocenters. The van der Waals surface area contributed by atoms with Crippen LogP contribution in [0.3, 0.4) is 0 Å². The van der Waals surface area contributed by atoms with Crippen molar-refractivity contribution in [3.8, 4) is 0 Å². The smallest absolute Gasteiger partial charge is 0.305 e. The summed E-state index contributed by atoms with van der Waals surface area (Å²) in [6.45, 7) is -0.129. The van der Waals surface area contributed by atoms with Crippen LogP contribution in [0.5, 0.6) is 0 Å². The number of rotatable bonds is 6. The predicted octanol–water partition coefficient (Wildman–Crippen LogP) is 1.83. The Morgan fingerprint density at radius 1 is 1.38 bits per heavy atom. The van der Waals surface area contributed by atoms with Crippen molar-refractivity contribution in [2.45, 2.75) is 12.6 Å². The molecule has 0 aromatic heterocycles. The summed E-state index contributed by atoms with van der Waals surface area (Å²) >= 11 is 0. The quantitative estimate of drug-likeness (QED) is 0.744. The van der Waals surface area contributed by atoms with Crippen LogP contribution >= 0.6 is 7.52 Å². The lowest BCUT2D eigenvalue weighted by molar-refractivity contribution is -0.137. The van der Waals surface area contributed by atoms with Gasteiger partial charge in [-0.15, -0.1) is 0 Å². The molecule has 0 aliphatic rings. The maximum atomic E-state index is 11.7. The van der Waals surface area contributed by atoms with Crippen LogP contribution in [-0.2, 0) is 20.0 Å². The Kier molecular flexibility index (Phi) is 4.68. The van der Waals surface area contributed by atoms with Crippen LogP contribution in [0.15, 0.2) is 30.3 Å². The molecule has 0 saturated heterocycles. The Bertz CT molecular complexity index is 393. The average molecular weight is 243 g/mol. The molecule has 6 heteroatoms. The molecule has 88 valence electrons. The average Bonchev–Trinajstić information content (AvgIpc) is 2.17. The van der Waals surface area contributed by atoms with E-state index in [1.807, 2.05) is 18.2 Å². The van der Waals surface area contributed by atoms with Gasteiger partial charge < -0.3 is 9.63 Å². The van der Waals surface area contributed by atoms with E-state index in [4.69, 9.17) is 15.1 Å². The van der Waals surface area contributed by atoms with E-state index in [-0.39, 0.29) is 19.2 Å². The van der Waals surface area contributed by atoms with Crippen LogP contribution < -0.4 is 5.50 Å². The van der Waals surface area contributed by atoms with Gasteiger partial charge in [0.1, 0.15) is 0 Å². The van der Waals surface area contributed by atoms with E-state index < -0.39 is 13.5 Å². The van der Waals surface area contributed by atoms with E-state index in [9.17, 15) is 9.36 Å². The molecule has 0 radical (unpaired) electrons. The Labute approximate surface area is 93.7 Å². The SMILES string of the molecule is NP(=O)(Cc1ccccc1)OCCC(=O)O. The third kappa shape index (κ3) is 5.07. The van der Waals surface area contributed by atoms with Crippen LogP contribution in [0.4, 0.5) is 0 Å². The van der Waals surface area contributed by atoms with Gasteiger partial charge in [-0.05, 0) is 5.56 Å². The van der Waals surface area contributed by atoms with Gasteiger partial charge in [0, 0.05) is 0 Å². The van der Waals surface area contributed by atoms with Crippen molar-refractivity contribution in [3.05, 3.63) is 35.9 Å². The second-order valence-corrected chi connectivity index (χ2v) is 5.37. The number of carboxylic acid groups (broad SMARTS) is 1. The van der Waals surface area contributed by atoms with Crippen molar-refractivity contribution in [2.75, 3.05) is 6.61 Å². The Balaban J connectivity index is 2.46. The molecule has 0 saturated carbocycles. The highest BCUT2D eigenvalue weighted by Crippen LogP contribution is 2.41. The summed E-state index contributed by atoms with van der Waals surface area (Å²) in [6.07, 6.45) is -0.0799. The van der Waals surface area contributed by atoms with Crippen molar-refractivity contribution in [1.29, 1.82) is 0 Å². The van der Waals surface area contributed by atoms with Gasteiger partial charge in [0.05, 0.1) is 19.2 Å². The minimum Gasteiger partial charge on any atom is -0.481 e. The zero-order valence-electron chi connectivity index (χ0n) is 8.70. The van der Waals surface area contributed by atoms with Crippen molar-refractivity contribution >= 4 is 13.5 Å². The Morgan fingerprint density at radius 2 is 2.00 bits per heavy atom. The highest BCUT2D eigenvalue weighted by molar-refractivity contribution is 7.55. The number of hydrogen-bond acceptors (Lipinski definition) is 3. The van der Waals surface area contributed by atoms with E-state index in [1.165, 1.54) is 0 Å². The number of carbonyl (C=O) groups is 1. The van der Waals surface area contributed by atoms with E-state index in [2.05, 4.69) is 0 Å². The van der Waals surface area contributed by atoms with Crippen LogP contribution in [0.1, 0.15) is 12.0 Å². The van der Waals surface area contributed by atoms with Gasteiger partial charge in [0.25, 0.3) is 7.52 Å². The number of carboxylic acids is 1. The number of nitrogens with two attached hydrogens (primary N) is 1. The van der Waals surface area contributed by atoms with Crippen LogP contribution in [0.25, 0.3) is 0 Å². The molecule has 0 aliphatic carbocycles. The number of aliphatic carboxylic acids is 1. The van der Waals surface area contributed by atoms with Gasteiger partial charge in [0.15, 0.2) is 0 Å². The van der Waals surface area contributed by atoms with E-state index in [0.717, 1.165) is 5.56 Å². The Hall–Kier alpha value is -1.16. The van der Waals surface area contributed by atoms with E-state index >= 15 is 0 Å². The zero-order valence-corrected chi connectivity index (χ0v) is 9.60. The standard InChI is InChI=1S/C10H14NO4P/c11-16(14,15-7-6-10(12)13)8-9-4-2-1-3-5-9/h1-5H,6-8H2,(H2,11,14)(H,12,13). The first-order valence-corrected chi connectivity index (χ1v) is 6.65. The highest BCUT2D eigenvalue weighted by Gasteiger charge is 2.17. The molecule has 1 aromatic carbocycles. The normalized spacial score (nSPS) is 14.3. The van der Waals surface area contributed by atoms with E-state index in [1.54, 1.807) is 12.1 Å². The zero-order chi connectivity index (χ0) is 12.0. The van der Waals surface area contributed by atoms with Gasteiger partial charge in [-0.3, -0.25) is 14.9 Å². The first kappa shape index (κ1) is 12.9. The minimum absolute atomic E-state index is 0.119. The van der Waals surface area contributed by atoms with E-state index in [0.29, 0.717) is 0 Å². The van der Waals surface area contributed by atoms with Crippen molar-refractivity contribution < 1.29 is 19.0 Å². The number of benzene rings is 1. The van der Waals surface area contributed by atoms with Crippen LogP contribution in [-0.4, -0.2) is 17.7 Å². The summed E-state index contributed by atoms with van der Waals surface area (Å²) in [5.74, 6) is -1.00. The lowest BCUT2D eigenvalue weighted by atomic mass is 10.2. The van der Waals surface area contributed by atoms with Crippen molar-refractivity contribution in [1.82, 2.24) is 0 Å². The summed E-state index contributed by atoms with van der Waals surface area (Å²) in [5, 5.41) is 8.39. The molecule has 3 N–H and O–H groups in total. The summed E-state index contributed by atoms with van der Waals surface area (Å²) in [7, 11) is -3.23. The molecule has 16 heavy (non-hydrogen) atoms. The Morgan fingerprint density at radius 3 is 2.56 bits per heavy atom. The third-order valence-corrected chi connectivity index (χ3v) is 3.30. The lowest BCUT2D eigenvalue weighted by Gasteiger charge is -2.12. The summed E-state index contributed by atoms with van der Waals surface area (Å²) < 4.78 is 16.6. The molecular formula is C10H14NO4P. The fourth-order valence-electron chi connectivity index (χ4n) is 1.17. The summed E-state index contributed by atoms with van der Waals surface area (Å²) in [5.41, 5.74) is 6.28. The second-order valence-electron chi connectivity index (χ2n) is 3.35.